The smallest absolute Gasteiger partial charge is 0.303 e. The summed E-state index contributed by atoms with van der Waals surface area (Å²) in [5.74, 6) is -0.487. The fourth-order valence-corrected chi connectivity index (χ4v) is 1.70. The van der Waals surface area contributed by atoms with Crippen LogP contribution in [-0.2, 0) is 9.59 Å². The third kappa shape index (κ3) is 4.91. The molecule has 3 nitrogen and oxygen atoms in total. The van der Waals surface area contributed by atoms with Crippen LogP contribution in [0.15, 0.2) is 23.8 Å². The molecule has 0 unspecified atom stereocenters. The van der Waals surface area contributed by atoms with Crippen molar-refractivity contribution in [1.82, 2.24) is 0 Å². The number of carboxylic acid groups (broad SMARTS) is 1. The molecule has 0 spiro atoms. The maximum absolute atomic E-state index is 11.2. The predicted octanol–water partition coefficient (Wildman–Crippen LogP) is 2.87. The number of hydrogen-bond donors (Lipinski definition) is 1. The van der Waals surface area contributed by atoms with E-state index in [-0.39, 0.29) is 12.2 Å². The summed E-state index contributed by atoms with van der Waals surface area (Å²) < 4.78 is 0. The van der Waals surface area contributed by atoms with Crippen LogP contribution in [0, 0.1) is 0 Å². The van der Waals surface area contributed by atoms with Gasteiger partial charge in [0.15, 0.2) is 5.78 Å². The van der Waals surface area contributed by atoms with Crippen LogP contribution in [0.5, 0.6) is 0 Å². The molecule has 0 saturated carbocycles. The summed E-state index contributed by atoms with van der Waals surface area (Å²) in [5, 5.41) is 8.43. The maximum atomic E-state index is 11.2. The van der Waals surface area contributed by atoms with Crippen LogP contribution in [0.4, 0.5) is 0 Å². The van der Waals surface area contributed by atoms with Crippen LogP contribution in [-0.4, -0.2) is 16.9 Å². The zero-order chi connectivity index (χ0) is 11.8. The summed E-state index contributed by atoms with van der Waals surface area (Å²) in [7, 11) is 0. The minimum atomic E-state index is -0.725. The third-order valence-electron chi connectivity index (χ3n) is 2.62. The van der Waals surface area contributed by atoms with E-state index in [1.165, 1.54) is 0 Å². The Labute approximate surface area is 95.9 Å². The Morgan fingerprint density at radius 3 is 2.81 bits per heavy atom. The molecule has 88 valence electrons. The molecule has 0 amide bonds. The zero-order valence-electron chi connectivity index (χ0n) is 9.45. The molecule has 0 heterocycles. The topological polar surface area (TPSA) is 54.4 Å². The molecule has 0 aromatic rings. The summed E-state index contributed by atoms with van der Waals surface area (Å²) in [6.45, 7) is 0. The number of aliphatic carboxylic acids is 1. The maximum Gasteiger partial charge on any atom is 0.303 e. The van der Waals surface area contributed by atoms with Gasteiger partial charge in [0.2, 0.25) is 0 Å². The molecular weight excluding hydrogens is 204 g/mol. The van der Waals surface area contributed by atoms with Crippen molar-refractivity contribution in [2.24, 2.45) is 0 Å². The summed E-state index contributed by atoms with van der Waals surface area (Å²) in [6.07, 6.45) is 11.2. The Balaban J connectivity index is 2.05. The van der Waals surface area contributed by atoms with Gasteiger partial charge < -0.3 is 5.11 Å². The van der Waals surface area contributed by atoms with Gasteiger partial charge in [-0.05, 0) is 25.7 Å². The molecule has 0 aliphatic heterocycles. The van der Waals surface area contributed by atoms with Crippen molar-refractivity contribution >= 4 is 11.8 Å². The molecule has 0 aromatic carbocycles. The normalized spacial score (nSPS) is 15.8. The first-order chi connectivity index (χ1) is 7.70. The number of carboxylic acids is 1. The highest BCUT2D eigenvalue weighted by Crippen LogP contribution is 2.15. The lowest BCUT2D eigenvalue weighted by Gasteiger charge is -1.95. The number of hydrogen-bond acceptors (Lipinski definition) is 2. The molecule has 0 atom stereocenters. The molecule has 0 radical (unpaired) electrons. The zero-order valence-corrected chi connectivity index (χ0v) is 9.45. The van der Waals surface area contributed by atoms with Gasteiger partial charge in [-0.25, -0.2) is 0 Å². The van der Waals surface area contributed by atoms with E-state index in [1.54, 1.807) is 0 Å². The molecule has 0 aromatic heterocycles. The number of allylic oxidation sites excluding steroid dienone is 4. The highest BCUT2D eigenvalue weighted by Gasteiger charge is 2.10. The lowest BCUT2D eigenvalue weighted by Crippen LogP contribution is -1.93. The molecule has 0 bridgehead atoms. The monoisotopic (exact) mass is 222 g/mol. The van der Waals surface area contributed by atoms with Gasteiger partial charge in [-0.2, -0.15) is 0 Å². The first-order valence-electron chi connectivity index (χ1n) is 5.82. The van der Waals surface area contributed by atoms with Crippen molar-refractivity contribution in [1.29, 1.82) is 0 Å². The quantitative estimate of drug-likeness (QED) is 0.674. The summed E-state index contributed by atoms with van der Waals surface area (Å²) in [6, 6.07) is 0. The van der Waals surface area contributed by atoms with Crippen molar-refractivity contribution in [3.63, 3.8) is 0 Å². The molecule has 1 aliphatic rings. The largest absolute Gasteiger partial charge is 0.481 e. The first-order valence-corrected chi connectivity index (χ1v) is 5.82. The van der Waals surface area contributed by atoms with Crippen molar-refractivity contribution < 1.29 is 14.7 Å². The van der Waals surface area contributed by atoms with Gasteiger partial charge in [-0.3, -0.25) is 9.59 Å². The molecule has 0 fully saturated rings. The number of rotatable bonds is 7. The van der Waals surface area contributed by atoms with E-state index in [9.17, 15) is 9.59 Å². The minimum Gasteiger partial charge on any atom is -0.481 e. The molecule has 1 N–H and O–H groups in total. The predicted molar refractivity (Wildman–Crippen MR) is 62.2 cm³/mol. The average molecular weight is 222 g/mol. The molecule has 0 saturated heterocycles. The van der Waals surface area contributed by atoms with Crippen molar-refractivity contribution in [2.75, 3.05) is 0 Å². The SMILES string of the molecule is O=C(O)CCCCCC=CC1=CCCC1=O. The van der Waals surface area contributed by atoms with Crippen LogP contribution in [0.1, 0.15) is 44.9 Å². The summed E-state index contributed by atoms with van der Waals surface area (Å²) >= 11 is 0. The second kappa shape index (κ2) is 6.99. The molecule has 16 heavy (non-hydrogen) atoms. The minimum absolute atomic E-state index is 0.238. The van der Waals surface area contributed by atoms with E-state index in [0.29, 0.717) is 6.42 Å². The van der Waals surface area contributed by atoms with Crippen LogP contribution in [0.2, 0.25) is 0 Å². The van der Waals surface area contributed by atoms with Gasteiger partial charge >= 0.3 is 5.97 Å². The highest BCUT2D eigenvalue weighted by atomic mass is 16.4. The third-order valence-corrected chi connectivity index (χ3v) is 2.62. The lowest BCUT2D eigenvalue weighted by molar-refractivity contribution is -0.137. The number of Topliss-reactive ketones (excluding diaryl/α,β-unsaturated/α-hetero) is 1. The van der Waals surface area contributed by atoms with Crippen LogP contribution in [0.3, 0.4) is 0 Å². The first kappa shape index (κ1) is 12.7. The van der Waals surface area contributed by atoms with Crippen LogP contribution >= 0.6 is 0 Å². The Kier molecular flexibility index (Phi) is 5.54. The Morgan fingerprint density at radius 2 is 2.19 bits per heavy atom. The summed E-state index contributed by atoms with van der Waals surface area (Å²) in [5.41, 5.74) is 0.838. The van der Waals surface area contributed by atoms with Gasteiger partial charge in [0.05, 0.1) is 0 Å². The Morgan fingerprint density at radius 1 is 1.38 bits per heavy atom. The van der Waals surface area contributed by atoms with E-state index < -0.39 is 5.97 Å². The fourth-order valence-electron chi connectivity index (χ4n) is 1.70. The van der Waals surface area contributed by atoms with E-state index in [4.69, 9.17) is 5.11 Å². The van der Waals surface area contributed by atoms with E-state index in [0.717, 1.165) is 37.7 Å². The standard InChI is InChI=1S/C13H18O3/c14-12-9-6-8-11(12)7-4-2-1-3-5-10-13(15)16/h4,7-8H,1-3,5-6,9-10H2,(H,15,16). The summed E-state index contributed by atoms with van der Waals surface area (Å²) in [4.78, 5) is 21.5. The van der Waals surface area contributed by atoms with Crippen molar-refractivity contribution in [2.45, 2.75) is 44.9 Å². The number of carbonyl (C=O) groups excluding carboxylic acids is 1. The molecular formula is C13H18O3. The van der Waals surface area contributed by atoms with Gasteiger partial charge in [0.25, 0.3) is 0 Å². The molecule has 1 rings (SSSR count). The van der Waals surface area contributed by atoms with Gasteiger partial charge in [-0.15, -0.1) is 0 Å². The van der Waals surface area contributed by atoms with Crippen LogP contribution < -0.4 is 0 Å². The molecule has 1 aliphatic carbocycles. The van der Waals surface area contributed by atoms with Crippen molar-refractivity contribution in [3.8, 4) is 0 Å². The second-order valence-corrected chi connectivity index (χ2v) is 4.02. The number of unbranched alkanes of at least 4 members (excludes halogenated alkanes) is 3. The second-order valence-electron chi connectivity index (χ2n) is 4.02. The van der Waals surface area contributed by atoms with Gasteiger partial charge in [0, 0.05) is 18.4 Å². The van der Waals surface area contributed by atoms with Crippen LogP contribution in [0.25, 0.3) is 0 Å². The average Bonchev–Trinajstić information content (AvgIpc) is 2.62. The van der Waals surface area contributed by atoms with Gasteiger partial charge in [-0.1, -0.05) is 24.6 Å². The van der Waals surface area contributed by atoms with E-state index >= 15 is 0 Å². The Hall–Kier alpha value is -1.38. The number of carbonyl (C=O) groups is 2. The Bertz CT molecular complexity index is 313. The lowest BCUT2D eigenvalue weighted by atomic mass is 10.1. The van der Waals surface area contributed by atoms with E-state index in [2.05, 4.69) is 0 Å². The van der Waals surface area contributed by atoms with Crippen molar-refractivity contribution in [3.05, 3.63) is 23.8 Å². The van der Waals surface area contributed by atoms with Gasteiger partial charge in [0.1, 0.15) is 0 Å². The number of ketones is 1. The molecule has 3 heteroatoms. The fraction of sp³-hybridized carbons (Fsp3) is 0.538. The highest BCUT2D eigenvalue weighted by molar-refractivity contribution is 6.00. The van der Waals surface area contributed by atoms with E-state index in [1.807, 2.05) is 18.2 Å².